The van der Waals surface area contributed by atoms with E-state index in [2.05, 4.69) is 16.8 Å². The monoisotopic (exact) mass is 562 g/mol. The van der Waals surface area contributed by atoms with E-state index >= 15 is 0 Å². The van der Waals surface area contributed by atoms with E-state index in [-0.39, 0.29) is 22.5 Å². The lowest BCUT2D eigenvalue weighted by atomic mass is 10.1. The summed E-state index contributed by atoms with van der Waals surface area (Å²) in [6.45, 7) is 14.2. The summed E-state index contributed by atoms with van der Waals surface area (Å²) in [4.78, 5) is 18.4. The summed E-state index contributed by atoms with van der Waals surface area (Å²) in [7, 11) is 2.14. The molecule has 41 heavy (non-hydrogen) atoms. The van der Waals surface area contributed by atoms with Gasteiger partial charge in [-0.2, -0.15) is 0 Å². The number of nitrogens with zero attached hydrogens (tertiary/aromatic N) is 2. The summed E-state index contributed by atoms with van der Waals surface area (Å²) < 4.78 is 24.0. The molecule has 4 rings (SSSR count). The second kappa shape index (κ2) is 14.2. The SMILES string of the molecule is CC(C)=CCOc1ccc(-c2oc3cc(OCC=C(C)C)cc(O)c3c(=O)c2OCCCN2CCN(C)CC2)cc1. The fourth-order valence-corrected chi connectivity index (χ4v) is 4.51. The van der Waals surface area contributed by atoms with Crippen molar-refractivity contribution in [1.82, 2.24) is 9.80 Å². The molecule has 0 saturated carbocycles. The molecule has 0 amide bonds. The number of piperazine rings is 1. The number of hydrogen-bond donors (Lipinski definition) is 1. The van der Waals surface area contributed by atoms with Gasteiger partial charge in [0, 0.05) is 50.4 Å². The average molecular weight is 563 g/mol. The Labute approximate surface area is 242 Å². The van der Waals surface area contributed by atoms with E-state index in [4.69, 9.17) is 18.6 Å². The molecule has 1 aliphatic rings. The van der Waals surface area contributed by atoms with Crippen molar-refractivity contribution in [2.24, 2.45) is 0 Å². The molecule has 3 aromatic rings. The van der Waals surface area contributed by atoms with Gasteiger partial charge in [-0.05, 0) is 77.6 Å². The minimum absolute atomic E-state index is 0.0686. The van der Waals surface area contributed by atoms with Crippen molar-refractivity contribution in [2.75, 3.05) is 59.6 Å². The third-order valence-electron chi connectivity index (χ3n) is 6.97. The molecular weight excluding hydrogens is 520 g/mol. The van der Waals surface area contributed by atoms with Gasteiger partial charge in [-0.3, -0.25) is 4.79 Å². The molecule has 1 N–H and O–H groups in total. The van der Waals surface area contributed by atoms with E-state index in [1.165, 1.54) is 11.6 Å². The topological polar surface area (TPSA) is 84.6 Å². The molecule has 2 heterocycles. The van der Waals surface area contributed by atoms with E-state index < -0.39 is 5.43 Å². The van der Waals surface area contributed by atoms with Crippen molar-refractivity contribution in [2.45, 2.75) is 34.1 Å². The quantitative estimate of drug-likeness (QED) is 0.217. The Kier molecular flexibility index (Phi) is 10.5. The van der Waals surface area contributed by atoms with Gasteiger partial charge in [0.05, 0.1) is 6.61 Å². The minimum atomic E-state index is -0.418. The molecule has 1 saturated heterocycles. The van der Waals surface area contributed by atoms with Gasteiger partial charge in [0.15, 0.2) is 5.76 Å². The number of hydrogen-bond acceptors (Lipinski definition) is 8. The zero-order valence-corrected chi connectivity index (χ0v) is 24.9. The van der Waals surface area contributed by atoms with Crippen molar-refractivity contribution in [1.29, 1.82) is 0 Å². The highest BCUT2D eigenvalue weighted by atomic mass is 16.5. The Balaban J connectivity index is 1.62. The molecule has 220 valence electrons. The van der Waals surface area contributed by atoms with Gasteiger partial charge in [0.2, 0.25) is 11.2 Å². The lowest BCUT2D eigenvalue weighted by Crippen LogP contribution is -2.44. The van der Waals surface area contributed by atoms with Gasteiger partial charge >= 0.3 is 0 Å². The van der Waals surface area contributed by atoms with Crippen LogP contribution in [0.15, 0.2) is 68.9 Å². The number of allylic oxidation sites excluding steroid dienone is 2. The molecule has 1 aliphatic heterocycles. The van der Waals surface area contributed by atoms with Gasteiger partial charge < -0.3 is 33.5 Å². The maximum Gasteiger partial charge on any atom is 0.239 e. The number of benzene rings is 2. The first-order valence-corrected chi connectivity index (χ1v) is 14.2. The Morgan fingerprint density at radius 2 is 1.54 bits per heavy atom. The maximum absolute atomic E-state index is 13.7. The largest absolute Gasteiger partial charge is 0.507 e. The summed E-state index contributed by atoms with van der Waals surface area (Å²) >= 11 is 0. The van der Waals surface area contributed by atoms with Crippen LogP contribution in [0.1, 0.15) is 34.1 Å². The normalized spacial score (nSPS) is 14.1. The second-order valence-corrected chi connectivity index (χ2v) is 11.0. The van der Waals surface area contributed by atoms with Crippen molar-refractivity contribution < 1.29 is 23.7 Å². The molecule has 0 bridgehead atoms. The van der Waals surface area contributed by atoms with E-state index in [1.54, 1.807) is 6.07 Å². The van der Waals surface area contributed by atoms with Crippen LogP contribution in [-0.4, -0.2) is 74.5 Å². The fourth-order valence-electron chi connectivity index (χ4n) is 4.51. The maximum atomic E-state index is 13.7. The van der Waals surface area contributed by atoms with E-state index in [9.17, 15) is 9.90 Å². The van der Waals surface area contributed by atoms with Crippen molar-refractivity contribution >= 4 is 11.0 Å². The third-order valence-corrected chi connectivity index (χ3v) is 6.97. The number of rotatable bonds is 12. The number of phenols is 1. The number of likely N-dealkylation sites (N-methyl/N-ethyl adjacent to an activating group) is 1. The van der Waals surface area contributed by atoms with Crippen LogP contribution in [0.3, 0.4) is 0 Å². The highest BCUT2D eigenvalue weighted by Crippen LogP contribution is 2.36. The van der Waals surface area contributed by atoms with Crippen LogP contribution >= 0.6 is 0 Å². The molecule has 8 nitrogen and oxygen atoms in total. The van der Waals surface area contributed by atoms with Crippen LogP contribution in [0, 0.1) is 0 Å². The molecule has 0 spiro atoms. The molecule has 1 fully saturated rings. The van der Waals surface area contributed by atoms with Crippen LogP contribution in [0.25, 0.3) is 22.3 Å². The number of aromatic hydroxyl groups is 1. The standard InChI is InChI=1S/C33H42N2O6/c1-23(2)11-19-38-26-9-7-25(8-10-26)32-33(40-18-6-13-35-16-14-34(5)15-17-35)31(37)30-28(36)21-27(22-29(30)41-32)39-20-12-24(3)4/h7-12,21-22,36H,6,13-20H2,1-5H3. The highest BCUT2D eigenvalue weighted by Gasteiger charge is 2.21. The summed E-state index contributed by atoms with van der Waals surface area (Å²) in [6.07, 6.45) is 4.71. The van der Waals surface area contributed by atoms with Gasteiger partial charge in [-0.15, -0.1) is 0 Å². The predicted octanol–water partition coefficient (Wildman–Crippen LogP) is 5.87. The molecular formula is C33H42N2O6. The molecule has 2 aromatic carbocycles. The predicted molar refractivity (Wildman–Crippen MR) is 163 cm³/mol. The van der Waals surface area contributed by atoms with Gasteiger partial charge in [-0.1, -0.05) is 11.1 Å². The molecule has 0 unspecified atom stereocenters. The number of phenolic OH excluding ortho intramolecular Hbond substituents is 1. The number of fused-ring (bicyclic) bond motifs is 1. The van der Waals surface area contributed by atoms with Gasteiger partial charge in [0.25, 0.3) is 0 Å². The molecule has 1 aromatic heterocycles. The van der Waals surface area contributed by atoms with Gasteiger partial charge in [0.1, 0.15) is 41.4 Å². The summed E-state index contributed by atoms with van der Waals surface area (Å²) in [5.74, 6) is 1.30. The Hall–Kier alpha value is -3.75. The van der Waals surface area contributed by atoms with Crippen molar-refractivity contribution in [3.05, 3.63) is 69.9 Å². The average Bonchev–Trinajstić information content (AvgIpc) is 2.92. The summed E-state index contributed by atoms with van der Waals surface area (Å²) in [5.41, 5.74) is 2.78. The van der Waals surface area contributed by atoms with Crippen LogP contribution in [0.5, 0.6) is 23.0 Å². The van der Waals surface area contributed by atoms with Crippen LogP contribution in [0.4, 0.5) is 0 Å². The molecule has 0 aliphatic carbocycles. The van der Waals surface area contributed by atoms with Crippen molar-refractivity contribution in [3.63, 3.8) is 0 Å². The minimum Gasteiger partial charge on any atom is -0.507 e. The zero-order valence-electron chi connectivity index (χ0n) is 24.9. The summed E-state index contributed by atoms with van der Waals surface area (Å²) in [5, 5.41) is 10.9. The first kappa shape index (κ1) is 30.2. The van der Waals surface area contributed by atoms with E-state index in [0.717, 1.165) is 44.7 Å². The van der Waals surface area contributed by atoms with E-state index in [1.807, 2.05) is 64.1 Å². The molecule has 0 radical (unpaired) electrons. The third kappa shape index (κ3) is 8.38. The Bertz CT molecular complexity index is 1420. The lowest BCUT2D eigenvalue weighted by molar-refractivity contribution is 0.145. The number of ether oxygens (including phenoxy) is 3. The molecule has 8 heteroatoms. The molecule has 0 atom stereocenters. The Morgan fingerprint density at radius 1 is 0.902 bits per heavy atom. The first-order chi connectivity index (χ1) is 19.7. The Morgan fingerprint density at radius 3 is 2.17 bits per heavy atom. The van der Waals surface area contributed by atoms with Crippen LogP contribution < -0.4 is 19.6 Å². The highest BCUT2D eigenvalue weighted by molar-refractivity contribution is 5.88. The second-order valence-electron chi connectivity index (χ2n) is 11.0. The lowest BCUT2D eigenvalue weighted by Gasteiger charge is -2.32. The smallest absolute Gasteiger partial charge is 0.239 e. The van der Waals surface area contributed by atoms with E-state index in [0.29, 0.717) is 42.6 Å². The summed E-state index contributed by atoms with van der Waals surface area (Å²) in [6, 6.07) is 10.4. The first-order valence-electron chi connectivity index (χ1n) is 14.2. The van der Waals surface area contributed by atoms with Gasteiger partial charge in [-0.25, -0.2) is 0 Å². The zero-order chi connectivity index (χ0) is 29.4. The fraction of sp³-hybridized carbons (Fsp3) is 0.424. The van der Waals surface area contributed by atoms with Crippen LogP contribution in [0.2, 0.25) is 0 Å². The van der Waals surface area contributed by atoms with Crippen molar-refractivity contribution in [3.8, 4) is 34.3 Å². The van der Waals surface area contributed by atoms with Crippen LogP contribution in [-0.2, 0) is 0 Å².